The molecule has 1 nitrogen and oxygen atoms in total. The lowest BCUT2D eigenvalue weighted by molar-refractivity contribution is -0.141. The molecule has 1 rings (SSSR count). The van der Waals surface area contributed by atoms with E-state index in [4.69, 9.17) is 11.6 Å². The maximum absolute atomic E-state index is 12.6. The van der Waals surface area contributed by atoms with Gasteiger partial charge in [0.15, 0.2) is 0 Å². The van der Waals surface area contributed by atoms with Gasteiger partial charge in [-0.2, -0.15) is 13.2 Å². The highest BCUT2D eigenvalue weighted by molar-refractivity contribution is 9.10. The Morgan fingerprint density at radius 2 is 1.94 bits per heavy atom. The lowest BCUT2D eigenvalue weighted by atomic mass is 10.1. The van der Waals surface area contributed by atoms with Crippen LogP contribution in [0.3, 0.4) is 0 Å². The maximum atomic E-state index is 12.6. The molecule has 0 unspecified atom stereocenters. The fourth-order valence-electron chi connectivity index (χ4n) is 1.16. The topological polar surface area (TPSA) is 12.9 Å². The standard InChI is InChI=1S/C8H4BrClF5N/c9-4-2-16-6(8(13,14)15)3(1-10)5(4)7(11)12/h2,7H,1H2. The number of hydrogen-bond acceptors (Lipinski definition) is 1. The number of pyridine rings is 1. The normalized spacial score (nSPS) is 12.2. The van der Waals surface area contributed by atoms with E-state index in [9.17, 15) is 22.0 Å². The monoisotopic (exact) mass is 323 g/mol. The molecule has 0 atom stereocenters. The average Bonchev–Trinajstić information content (AvgIpc) is 2.14. The third-order valence-corrected chi connectivity index (χ3v) is 2.69. The molecule has 0 bridgehead atoms. The molecule has 0 aliphatic heterocycles. The van der Waals surface area contributed by atoms with Crippen molar-refractivity contribution in [1.29, 1.82) is 0 Å². The van der Waals surface area contributed by atoms with Crippen molar-refractivity contribution in [3.63, 3.8) is 0 Å². The third-order valence-electron chi connectivity index (χ3n) is 1.80. The van der Waals surface area contributed by atoms with Crippen molar-refractivity contribution in [2.24, 2.45) is 0 Å². The van der Waals surface area contributed by atoms with Crippen LogP contribution in [0.5, 0.6) is 0 Å². The minimum Gasteiger partial charge on any atom is -0.250 e. The van der Waals surface area contributed by atoms with Crippen LogP contribution in [-0.4, -0.2) is 4.98 Å². The van der Waals surface area contributed by atoms with Crippen molar-refractivity contribution in [3.8, 4) is 0 Å². The lowest BCUT2D eigenvalue weighted by Gasteiger charge is -2.15. The van der Waals surface area contributed by atoms with Crippen LogP contribution >= 0.6 is 27.5 Å². The zero-order valence-corrected chi connectivity index (χ0v) is 9.80. The molecule has 0 saturated carbocycles. The molecule has 0 radical (unpaired) electrons. The summed E-state index contributed by atoms with van der Waals surface area (Å²) in [5.74, 6) is -0.680. The van der Waals surface area contributed by atoms with Gasteiger partial charge in [0.25, 0.3) is 6.43 Å². The molecule has 0 fully saturated rings. The number of alkyl halides is 6. The second kappa shape index (κ2) is 4.83. The van der Waals surface area contributed by atoms with Gasteiger partial charge in [-0.3, -0.25) is 4.98 Å². The second-order valence-electron chi connectivity index (χ2n) is 2.78. The van der Waals surface area contributed by atoms with Crippen molar-refractivity contribution in [2.75, 3.05) is 0 Å². The van der Waals surface area contributed by atoms with Gasteiger partial charge in [0.1, 0.15) is 5.69 Å². The van der Waals surface area contributed by atoms with E-state index in [0.717, 1.165) is 0 Å². The number of nitrogens with zero attached hydrogens (tertiary/aromatic N) is 1. The fraction of sp³-hybridized carbons (Fsp3) is 0.375. The van der Waals surface area contributed by atoms with Crippen molar-refractivity contribution in [1.82, 2.24) is 4.98 Å². The van der Waals surface area contributed by atoms with E-state index in [1.165, 1.54) is 0 Å². The van der Waals surface area contributed by atoms with Gasteiger partial charge in [0.05, 0.1) is 5.88 Å². The molecule has 8 heteroatoms. The summed E-state index contributed by atoms with van der Waals surface area (Å²) in [5, 5.41) is 0. The molecular weight excluding hydrogens is 320 g/mol. The molecule has 0 saturated heterocycles. The van der Waals surface area contributed by atoms with Crippen molar-refractivity contribution in [3.05, 3.63) is 27.5 Å². The Labute approximate surface area is 101 Å². The minimum atomic E-state index is -4.80. The highest BCUT2D eigenvalue weighted by atomic mass is 79.9. The predicted molar refractivity (Wildman–Crippen MR) is 51.5 cm³/mol. The molecule has 1 heterocycles. The summed E-state index contributed by atoms with van der Waals surface area (Å²) in [4.78, 5) is 3.07. The summed E-state index contributed by atoms with van der Waals surface area (Å²) in [6.07, 6.45) is -7.15. The van der Waals surface area contributed by atoms with Crippen LogP contribution in [0, 0.1) is 0 Å². The molecule has 0 N–H and O–H groups in total. The summed E-state index contributed by atoms with van der Waals surface area (Å²) in [7, 11) is 0. The maximum Gasteiger partial charge on any atom is 0.433 e. The molecule has 0 aliphatic rings. The summed E-state index contributed by atoms with van der Waals surface area (Å²) in [6, 6.07) is 0. The second-order valence-corrected chi connectivity index (χ2v) is 3.90. The van der Waals surface area contributed by atoms with Gasteiger partial charge < -0.3 is 0 Å². The van der Waals surface area contributed by atoms with Crippen LogP contribution in [0.1, 0.15) is 23.2 Å². The van der Waals surface area contributed by atoms with Crippen LogP contribution in [-0.2, 0) is 12.1 Å². The molecule has 1 aromatic rings. The zero-order valence-electron chi connectivity index (χ0n) is 7.45. The van der Waals surface area contributed by atoms with Gasteiger partial charge in [-0.1, -0.05) is 0 Å². The Kier molecular flexibility index (Phi) is 4.12. The average molecular weight is 324 g/mol. The first-order valence-corrected chi connectivity index (χ1v) is 5.20. The van der Waals surface area contributed by atoms with Crippen LogP contribution in [0.15, 0.2) is 10.7 Å². The number of aromatic nitrogens is 1. The Morgan fingerprint density at radius 1 is 1.38 bits per heavy atom. The third kappa shape index (κ3) is 2.63. The van der Waals surface area contributed by atoms with Crippen LogP contribution in [0.25, 0.3) is 0 Å². The van der Waals surface area contributed by atoms with E-state index >= 15 is 0 Å². The Bertz CT molecular complexity index is 393. The van der Waals surface area contributed by atoms with Crippen molar-refractivity contribution < 1.29 is 22.0 Å². The number of rotatable bonds is 2. The smallest absolute Gasteiger partial charge is 0.250 e. The molecule has 16 heavy (non-hydrogen) atoms. The molecule has 90 valence electrons. The minimum absolute atomic E-state index is 0.189. The zero-order chi connectivity index (χ0) is 12.5. The van der Waals surface area contributed by atoms with E-state index in [-0.39, 0.29) is 4.47 Å². The number of halogens is 7. The van der Waals surface area contributed by atoms with Crippen LogP contribution in [0.2, 0.25) is 0 Å². The molecular formula is C8H4BrClF5N. The van der Waals surface area contributed by atoms with Gasteiger partial charge in [0, 0.05) is 21.8 Å². The highest BCUT2D eigenvalue weighted by Crippen LogP contribution is 2.38. The molecule has 0 spiro atoms. The quantitative estimate of drug-likeness (QED) is 0.575. The van der Waals surface area contributed by atoms with Gasteiger partial charge >= 0.3 is 6.18 Å². The fourth-order valence-corrected chi connectivity index (χ4v) is 1.94. The van der Waals surface area contributed by atoms with Gasteiger partial charge in [-0.05, 0) is 15.9 Å². The van der Waals surface area contributed by atoms with E-state index in [0.29, 0.717) is 6.20 Å². The number of hydrogen-bond donors (Lipinski definition) is 0. The first-order valence-electron chi connectivity index (χ1n) is 3.87. The first kappa shape index (κ1) is 13.6. The van der Waals surface area contributed by atoms with E-state index in [2.05, 4.69) is 20.9 Å². The van der Waals surface area contributed by atoms with E-state index in [1.807, 2.05) is 0 Å². The van der Waals surface area contributed by atoms with E-state index in [1.54, 1.807) is 0 Å². The molecule has 1 aromatic heterocycles. The summed E-state index contributed by atoms with van der Waals surface area (Å²) in [6.45, 7) is 0. The predicted octanol–water partition coefficient (Wildman–Crippen LogP) is 4.54. The van der Waals surface area contributed by atoms with Gasteiger partial charge in [0.2, 0.25) is 0 Å². The van der Waals surface area contributed by atoms with Crippen LogP contribution < -0.4 is 0 Å². The Hall–Kier alpha value is -0.430. The van der Waals surface area contributed by atoms with Crippen molar-refractivity contribution in [2.45, 2.75) is 18.5 Å². The van der Waals surface area contributed by atoms with Crippen LogP contribution in [0.4, 0.5) is 22.0 Å². The Morgan fingerprint density at radius 3 is 2.31 bits per heavy atom. The van der Waals surface area contributed by atoms with E-state index < -0.39 is 35.3 Å². The molecule has 0 amide bonds. The lowest BCUT2D eigenvalue weighted by Crippen LogP contribution is -2.14. The summed E-state index contributed by atoms with van der Waals surface area (Å²) < 4.78 is 62.2. The highest BCUT2D eigenvalue weighted by Gasteiger charge is 2.37. The Balaban J connectivity index is 3.49. The summed E-state index contributed by atoms with van der Waals surface area (Å²) >= 11 is 7.99. The van der Waals surface area contributed by atoms with Gasteiger partial charge in [-0.25, -0.2) is 8.78 Å². The van der Waals surface area contributed by atoms with Crippen molar-refractivity contribution >= 4 is 27.5 Å². The first-order chi connectivity index (χ1) is 7.29. The largest absolute Gasteiger partial charge is 0.433 e. The summed E-state index contributed by atoms with van der Waals surface area (Å²) in [5.41, 5.74) is -2.84. The van der Waals surface area contributed by atoms with Gasteiger partial charge in [-0.15, -0.1) is 11.6 Å². The molecule has 0 aromatic carbocycles. The molecule has 0 aliphatic carbocycles. The SMILES string of the molecule is FC(F)c1c(Br)cnc(C(F)(F)F)c1CCl.